The molecule has 0 saturated heterocycles. The lowest BCUT2D eigenvalue weighted by Gasteiger charge is -2.10. The van der Waals surface area contributed by atoms with Crippen LogP contribution in [0, 0.1) is 0 Å². The first kappa shape index (κ1) is 22.4. The number of rotatable bonds is 6. The zero-order valence-corrected chi connectivity index (χ0v) is 19.9. The van der Waals surface area contributed by atoms with E-state index in [1.165, 1.54) is 0 Å². The van der Waals surface area contributed by atoms with Crippen LogP contribution in [0.25, 0.3) is 22.5 Å². The third kappa shape index (κ3) is 4.03. The first-order valence-electron chi connectivity index (χ1n) is 10.1. The van der Waals surface area contributed by atoms with E-state index in [-0.39, 0.29) is 22.4 Å². The average Bonchev–Trinajstić information content (AvgIpc) is 3.44. The summed E-state index contributed by atoms with van der Waals surface area (Å²) in [5.74, 6) is 0.0839. The molecule has 0 spiro atoms. The highest BCUT2D eigenvalue weighted by molar-refractivity contribution is 6.37. The van der Waals surface area contributed by atoms with Crippen LogP contribution in [0.3, 0.4) is 0 Å². The van der Waals surface area contributed by atoms with Gasteiger partial charge in [-0.25, -0.2) is 0 Å². The lowest BCUT2D eigenvalue weighted by Crippen LogP contribution is -2.06. The van der Waals surface area contributed by atoms with E-state index < -0.39 is 5.78 Å². The molecule has 5 rings (SSSR count). The highest BCUT2D eigenvalue weighted by atomic mass is 35.5. The fourth-order valence-electron chi connectivity index (χ4n) is 3.64. The Morgan fingerprint density at radius 3 is 2.68 bits per heavy atom. The molecule has 0 atom stereocenters. The maximum Gasteiger partial charge on any atom is 0.276 e. The molecule has 3 aromatic heterocycles. The van der Waals surface area contributed by atoms with E-state index in [0.29, 0.717) is 38.9 Å². The van der Waals surface area contributed by atoms with Gasteiger partial charge in [-0.05, 0) is 48.0 Å². The molecule has 0 aliphatic rings. The van der Waals surface area contributed by atoms with Crippen LogP contribution in [-0.4, -0.2) is 32.6 Å². The van der Waals surface area contributed by atoms with Gasteiger partial charge >= 0.3 is 0 Å². The van der Waals surface area contributed by atoms with E-state index >= 15 is 0 Å². The summed E-state index contributed by atoms with van der Waals surface area (Å²) < 4.78 is 12.4. The molecule has 0 unspecified atom stereocenters. The molecule has 0 amide bonds. The lowest BCUT2D eigenvalue weighted by atomic mass is 10.1. The Morgan fingerprint density at radius 1 is 1.09 bits per heavy atom. The topological polar surface area (TPSA) is 83.0 Å². The maximum absolute atomic E-state index is 13.5. The van der Waals surface area contributed by atoms with Gasteiger partial charge in [0.2, 0.25) is 11.6 Å². The van der Waals surface area contributed by atoms with Gasteiger partial charge in [-0.3, -0.25) is 9.78 Å². The molecule has 7 nitrogen and oxygen atoms in total. The molecular weight excluding hydrogens is 499 g/mol. The minimum absolute atomic E-state index is 0.131. The van der Waals surface area contributed by atoms with Gasteiger partial charge in [0.15, 0.2) is 0 Å². The first-order valence-corrected chi connectivity index (χ1v) is 11.2. The highest BCUT2D eigenvalue weighted by Gasteiger charge is 2.27. The van der Waals surface area contributed by atoms with Gasteiger partial charge in [0.1, 0.15) is 16.6 Å². The molecule has 170 valence electrons. The van der Waals surface area contributed by atoms with Crippen LogP contribution >= 0.6 is 34.8 Å². The largest absolute Gasteiger partial charge is 0.497 e. The first-order chi connectivity index (χ1) is 16.5. The van der Waals surface area contributed by atoms with E-state index in [1.54, 1.807) is 60.3 Å². The Labute approximate surface area is 208 Å². The molecule has 2 aromatic carbocycles. The van der Waals surface area contributed by atoms with Crippen LogP contribution in [-0.2, 0) is 6.54 Å². The molecule has 10 heteroatoms. The number of hydrogen-bond donors (Lipinski definition) is 0. The van der Waals surface area contributed by atoms with Crippen LogP contribution in [0.1, 0.15) is 21.7 Å². The molecule has 0 aliphatic heterocycles. The standard InChI is InChI=1S/C24H15Cl3N4O3/c1-33-15-7-8-19-16(11-15)20(22(27)31(19)12-13-5-6-14(25)10-17(13)26)21(32)23-29-24(34-30-23)18-4-2-3-9-28-18/h2-11H,12H2,1H3. The van der Waals surface area contributed by atoms with Crippen molar-refractivity contribution in [2.75, 3.05) is 7.11 Å². The molecule has 0 N–H and O–H groups in total. The summed E-state index contributed by atoms with van der Waals surface area (Å²) in [6.45, 7) is 0.316. The number of methoxy groups -OCH3 is 1. The number of aromatic nitrogens is 4. The van der Waals surface area contributed by atoms with Crippen molar-refractivity contribution >= 4 is 51.5 Å². The minimum Gasteiger partial charge on any atom is -0.497 e. The predicted octanol–water partition coefficient (Wildman–Crippen LogP) is 6.33. The smallest absolute Gasteiger partial charge is 0.276 e. The second-order valence-corrected chi connectivity index (χ2v) is 8.54. The molecule has 5 aromatic rings. The van der Waals surface area contributed by atoms with Crippen molar-refractivity contribution in [2.24, 2.45) is 0 Å². The number of carbonyl (C=O) groups is 1. The van der Waals surface area contributed by atoms with Gasteiger partial charge in [-0.2, -0.15) is 4.98 Å². The monoisotopic (exact) mass is 512 g/mol. The van der Waals surface area contributed by atoms with Gasteiger partial charge < -0.3 is 13.8 Å². The molecule has 0 radical (unpaired) electrons. The minimum atomic E-state index is -0.491. The highest BCUT2D eigenvalue weighted by Crippen LogP contribution is 2.35. The summed E-state index contributed by atoms with van der Waals surface area (Å²) in [6.07, 6.45) is 1.60. The SMILES string of the molecule is COc1ccc2c(c1)c(C(=O)c1noc(-c3ccccn3)n1)c(Cl)n2Cc1ccc(Cl)cc1Cl. The summed E-state index contributed by atoms with van der Waals surface area (Å²) >= 11 is 19.2. The van der Waals surface area contributed by atoms with Gasteiger partial charge in [0, 0.05) is 21.6 Å². The van der Waals surface area contributed by atoms with Crippen molar-refractivity contribution in [3.63, 3.8) is 0 Å². The number of ketones is 1. The van der Waals surface area contributed by atoms with E-state index in [1.807, 2.05) is 12.1 Å². The van der Waals surface area contributed by atoms with E-state index in [0.717, 1.165) is 5.56 Å². The Morgan fingerprint density at radius 2 is 1.94 bits per heavy atom. The Balaban J connectivity index is 1.62. The van der Waals surface area contributed by atoms with Crippen LogP contribution in [0.4, 0.5) is 0 Å². The molecule has 0 saturated carbocycles. The van der Waals surface area contributed by atoms with E-state index in [4.69, 9.17) is 44.1 Å². The molecule has 0 bridgehead atoms. The van der Waals surface area contributed by atoms with Crippen molar-refractivity contribution in [2.45, 2.75) is 6.54 Å². The van der Waals surface area contributed by atoms with E-state index in [9.17, 15) is 4.79 Å². The van der Waals surface area contributed by atoms with Crippen molar-refractivity contribution in [1.29, 1.82) is 0 Å². The van der Waals surface area contributed by atoms with Gasteiger partial charge in [-0.15, -0.1) is 0 Å². The quantitative estimate of drug-likeness (QED) is 0.247. The van der Waals surface area contributed by atoms with Crippen LogP contribution < -0.4 is 4.74 Å². The Kier molecular flexibility index (Phi) is 6.00. The average molecular weight is 514 g/mol. The lowest BCUT2D eigenvalue weighted by molar-refractivity contribution is 0.102. The number of pyridine rings is 1. The van der Waals surface area contributed by atoms with Gasteiger partial charge in [0.05, 0.1) is 24.7 Å². The second kappa shape index (κ2) is 9.10. The summed E-state index contributed by atoms with van der Waals surface area (Å²) in [7, 11) is 1.55. The summed E-state index contributed by atoms with van der Waals surface area (Å²) in [5.41, 5.74) is 2.20. The third-order valence-electron chi connectivity index (χ3n) is 5.29. The Hall–Kier alpha value is -3.39. The predicted molar refractivity (Wildman–Crippen MR) is 130 cm³/mol. The van der Waals surface area contributed by atoms with Crippen molar-refractivity contribution < 1.29 is 14.1 Å². The third-order valence-corrected chi connectivity index (χ3v) is 6.27. The molecule has 0 aliphatic carbocycles. The van der Waals surface area contributed by atoms with Crippen LogP contribution in [0.5, 0.6) is 5.75 Å². The molecule has 0 fully saturated rings. The zero-order valence-electron chi connectivity index (χ0n) is 17.6. The van der Waals surface area contributed by atoms with Gasteiger partial charge in [0.25, 0.3) is 5.89 Å². The number of nitrogens with zero attached hydrogens (tertiary/aromatic N) is 4. The normalized spacial score (nSPS) is 11.2. The van der Waals surface area contributed by atoms with Crippen molar-refractivity contribution in [3.8, 4) is 17.3 Å². The van der Waals surface area contributed by atoms with Crippen molar-refractivity contribution in [3.05, 3.63) is 92.9 Å². The fourth-order valence-corrected chi connectivity index (χ4v) is 4.45. The number of ether oxygens (including phenoxy) is 1. The van der Waals surface area contributed by atoms with Crippen LogP contribution in [0.2, 0.25) is 15.2 Å². The van der Waals surface area contributed by atoms with Crippen molar-refractivity contribution in [1.82, 2.24) is 19.7 Å². The number of halogens is 3. The van der Waals surface area contributed by atoms with E-state index in [2.05, 4.69) is 15.1 Å². The number of fused-ring (bicyclic) bond motifs is 1. The molecule has 3 heterocycles. The number of hydrogen-bond acceptors (Lipinski definition) is 6. The molecule has 34 heavy (non-hydrogen) atoms. The fraction of sp³-hybridized carbons (Fsp3) is 0.0833. The maximum atomic E-state index is 13.5. The zero-order chi connectivity index (χ0) is 23.8. The summed E-state index contributed by atoms with van der Waals surface area (Å²) in [6, 6.07) is 15.8. The molecular formula is C24H15Cl3N4O3. The summed E-state index contributed by atoms with van der Waals surface area (Å²) in [5, 5.41) is 5.68. The summed E-state index contributed by atoms with van der Waals surface area (Å²) in [4.78, 5) is 21.9. The van der Waals surface area contributed by atoms with Crippen LogP contribution in [0.15, 0.2) is 65.3 Å². The number of benzene rings is 2. The Bertz CT molecular complexity index is 1530. The second-order valence-electron chi connectivity index (χ2n) is 7.34. The van der Waals surface area contributed by atoms with Gasteiger partial charge in [-0.1, -0.05) is 52.1 Å². The number of carbonyl (C=O) groups excluding carboxylic acids is 1.